The van der Waals surface area contributed by atoms with Gasteiger partial charge in [0.15, 0.2) is 5.76 Å². The molecule has 2 aromatic heterocycles. The maximum Gasteiger partial charge on any atom is 0.328 e. The molecule has 0 saturated carbocycles. The highest BCUT2D eigenvalue weighted by atomic mass is 16.3. The van der Waals surface area contributed by atoms with Gasteiger partial charge in [-0.1, -0.05) is 30.3 Å². The summed E-state index contributed by atoms with van der Waals surface area (Å²) in [7, 11) is 1.69. The van der Waals surface area contributed by atoms with E-state index in [9.17, 15) is 14.4 Å². The molecular formula is C21H20N4O4. The monoisotopic (exact) mass is 392 g/mol. The molecule has 148 valence electrons. The van der Waals surface area contributed by atoms with E-state index in [0.29, 0.717) is 11.1 Å². The van der Waals surface area contributed by atoms with Gasteiger partial charge in [-0.3, -0.25) is 29.6 Å². The first-order valence-corrected chi connectivity index (χ1v) is 9.19. The van der Waals surface area contributed by atoms with Crippen molar-refractivity contribution in [1.82, 2.24) is 20.0 Å². The number of nitrogens with zero attached hydrogens (tertiary/aromatic N) is 2. The Morgan fingerprint density at radius 1 is 1.00 bits per heavy atom. The zero-order valence-electron chi connectivity index (χ0n) is 16.1. The fourth-order valence-electron chi connectivity index (χ4n) is 3.43. The van der Waals surface area contributed by atoms with Gasteiger partial charge in [0.05, 0.1) is 11.0 Å². The average molecular weight is 392 g/mol. The van der Waals surface area contributed by atoms with Crippen molar-refractivity contribution in [3.05, 3.63) is 70.3 Å². The van der Waals surface area contributed by atoms with Crippen LogP contribution < -0.4 is 16.5 Å². The van der Waals surface area contributed by atoms with Crippen molar-refractivity contribution in [3.63, 3.8) is 0 Å². The standard InChI is InChI=1S/C21H20N4O4/c1-13-14-7-3-6-10-17(14)29-19(13)20(27)23-22-18(26)11-12-25-16-9-5-4-8-15(16)24(2)21(25)28/h3-10H,11-12H2,1-2H3,(H,22,26)(H,23,27). The number of aryl methyl sites for hydroxylation is 3. The van der Waals surface area contributed by atoms with Crippen molar-refractivity contribution >= 4 is 33.8 Å². The van der Waals surface area contributed by atoms with E-state index < -0.39 is 11.8 Å². The lowest BCUT2D eigenvalue weighted by Gasteiger charge is -2.07. The van der Waals surface area contributed by atoms with Crippen molar-refractivity contribution in [2.24, 2.45) is 7.05 Å². The van der Waals surface area contributed by atoms with Crippen molar-refractivity contribution < 1.29 is 14.0 Å². The maximum absolute atomic E-state index is 12.4. The Balaban J connectivity index is 1.41. The van der Waals surface area contributed by atoms with E-state index in [1.807, 2.05) is 42.5 Å². The van der Waals surface area contributed by atoms with Gasteiger partial charge in [-0.15, -0.1) is 0 Å². The molecule has 0 radical (unpaired) electrons. The van der Waals surface area contributed by atoms with Crippen LogP contribution in [0.5, 0.6) is 0 Å². The van der Waals surface area contributed by atoms with E-state index in [1.54, 1.807) is 29.2 Å². The number of furan rings is 1. The molecule has 4 aromatic rings. The van der Waals surface area contributed by atoms with Crippen LogP contribution >= 0.6 is 0 Å². The minimum atomic E-state index is -0.533. The largest absolute Gasteiger partial charge is 0.451 e. The lowest BCUT2D eigenvalue weighted by molar-refractivity contribution is -0.122. The van der Waals surface area contributed by atoms with Crippen LogP contribution in [0.1, 0.15) is 22.5 Å². The second-order valence-electron chi connectivity index (χ2n) is 6.79. The molecule has 2 aromatic carbocycles. The van der Waals surface area contributed by atoms with Gasteiger partial charge < -0.3 is 4.42 Å². The van der Waals surface area contributed by atoms with Crippen molar-refractivity contribution in [1.29, 1.82) is 0 Å². The molecule has 8 heteroatoms. The molecule has 29 heavy (non-hydrogen) atoms. The molecule has 4 rings (SSSR count). The second-order valence-corrected chi connectivity index (χ2v) is 6.79. The molecule has 2 N–H and O–H groups in total. The van der Waals surface area contributed by atoms with Gasteiger partial charge in [0.2, 0.25) is 5.91 Å². The van der Waals surface area contributed by atoms with E-state index in [2.05, 4.69) is 10.9 Å². The van der Waals surface area contributed by atoms with Crippen LogP contribution in [0.2, 0.25) is 0 Å². The van der Waals surface area contributed by atoms with E-state index in [-0.39, 0.29) is 24.4 Å². The van der Waals surface area contributed by atoms with Crippen LogP contribution in [-0.4, -0.2) is 20.9 Å². The molecule has 0 aliphatic rings. The smallest absolute Gasteiger partial charge is 0.328 e. The van der Waals surface area contributed by atoms with Crippen LogP contribution in [0.15, 0.2) is 57.7 Å². The van der Waals surface area contributed by atoms with E-state index in [0.717, 1.165) is 16.4 Å². The van der Waals surface area contributed by atoms with E-state index in [1.165, 1.54) is 0 Å². The molecule has 0 fully saturated rings. The summed E-state index contributed by atoms with van der Waals surface area (Å²) in [6.07, 6.45) is 0.0350. The number of hydrogen-bond donors (Lipinski definition) is 2. The fourth-order valence-corrected chi connectivity index (χ4v) is 3.43. The number of fused-ring (bicyclic) bond motifs is 2. The zero-order valence-corrected chi connectivity index (χ0v) is 16.1. The summed E-state index contributed by atoms with van der Waals surface area (Å²) in [5.41, 5.74) is 7.42. The van der Waals surface area contributed by atoms with Gasteiger partial charge in [-0.05, 0) is 25.1 Å². The predicted molar refractivity (Wildman–Crippen MR) is 108 cm³/mol. The van der Waals surface area contributed by atoms with E-state index >= 15 is 0 Å². The number of hydrazine groups is 1. The van der Waals surface area contributed by atoms with Gasteiger partial charge in [0.25, 0.3) is 0 Å². The highest BCUT2D eigenvalue weighted by Gasteiger charge is 2.18. The normalized spacial score (nSPS) is 11.1. The number of aromatic nitrogens is 2. The van der Waals surface area contributed by atoms with Gasteiger partial charge in [-0.2, -0.15) is 0 Å². The van der Waals surface area contributed by atoms with Gasteiger partial charge >= 0.3 is 11.6 Å². The topological polar surface area (TPSA) is 98.3 Å². The summed E-state index contributed by atoms with van der Waals surface area (Å²) in [6.45, 7) is 1.99. The Hall–Kier alpha value is -3.81. The zero-order chi connectivity index (χ0) is 20.5. The molecule has 0 spiro atoms. The first-order valence-electron chi connectivity index (χ1n) is 9.19. The number of amides is 2. The van der Waals surface area contributed by atoms with E-state index in [4.69, 9.17) is 4.42 Å². The Bertz CT molecular complexity index is 1300. The van der Waals surface area contributed by atoms with Crippen molar-refractivity contribution in [2.75, 3.05) is 0 Å². The number of carbonyl (C=O) groups excluding carboxylic acids is 2. The molecule has 0 bridgehead atoms. The van der Waals surface area contributed by atoms with Gasteiger partial charge in [0.1, 0.15) is 5.58 Å². The number of benzene rings is 2. The van der Waals surface area contributed by atoms with Crippen LogP contribution in [0.25, 0.3) is 22.0 Å². The number of carbonyl (C=O) groups is 2. The summed E-state index contributed by atoms with van der Waals surface area (Å²) >= 11 is 0. The molecule has 0 saturated heterocycles. The minimum Gasteiger partial charge on any atom is -0.451 e. The summed E-state index contributed by atoms with van der Waals surface area (Å²) in [4.78, 5) is 36.9. The van der Waals surface area contributed by atoms with Gasteiger partial charge in [-0.25, -0.2) is 4.79 Å². The molecule has 2 heterocycles. The Morgan fingerprint density at radius 2 is 1.69 bits per heavy atom. The Morgan fingerprint density at radius 3 is 2.45 bits per heavy atom. The number of imidazole rings is 1. The van der Waals surface area contributed by atoms with Crippen molar-refractivity contribution in [2.45, 2.75) is 19.9 Å². The third kappa shape index (κ3) is 3.29. The number of para-hydroxylation sites is 3. The first-order chi connectivity index (χ1) is 14.0. The SMILES string of the molecule is Cc1c(C(=O)NNC(=O)CCn2c(=O)n(C)c3ccccc32)oc2ccccc12. The minimum absolute atomic E-state index is 0.0350. The molecule has 2 amide bonds. The summed E-state index contributed by atoms with van der Waals surface area (Å²) in [5, 5.41) is 0.847. The average Bonchev–Trinajstić information content (AvgIpc) is 3.20. The highest BCUT2D eigenvalue weighted by molar-refractivity contribution is 5.99. The van der Waals surface area contributed by atoms with Gasteiger partial charge in [0, 0.05) is 31.0 Å². The van der Waals surface area contributed by atoms with Crippen LogP contribution in [-0.2, 0) is 18.4 Å². The second kappa shape index (κ2) is 7.31. The third-order valence-electron chi connectivity index (χ3n) is 4.98. The summed E-state index contributed by atoms with van der Waals surface area (Å²) < 4.78 is 8.66. The molecule has 8 nitrogen and oxygen atoms in total. The molecular weight excluding hydrogens is 372 g/mol. The molecule has 0 atom stereocenters. The maximum atomic E-state index is 12.4. The first kappa shape index (κ1) is 18.5. The molecule has 0 unspecified atom stereocenters. The Labute approximate surface area is 165 Å². The number of nitrogens with one attached hydrogen (secondary N) is 2. The fraction of sp³-hybridized carbons (Fsp3) is 0.190. The number of rotatable bonds is 4. The summed E-state index contributed by atoms with van der Waals surface area (Å²) in [6, 6.07) is 14.7. The predicted octanol–water partition coefficient (Wildman–Crippen LogP) is 2.25. The van der Waals surface area contributed by atoms with Crippen LogP contribution in [0, 0.1) is 6.92 Å². The van der Waals surface area contributed by atoms with Crippen molar-refractivity contribution in [3.8, 4) is 0 Å². The van der Waals surface area contributed by atoms with Crippen LogP contribution in [0.4, 0.5) is 0 Å². The van der Waals surface area contributed by atoms with Crippen LogP contribution in [0.3, 0.4) is 0 Å². The Kier molecular flexibility index (Phi) is 4.67. The molecule has 0 aliphatic heterocycles. The molecule has 0 aliphatic carbocycles. The highest BCUT2D eigenvalue weighted by Crippen LogP contribution is 2.24. The quantitative estimate of drug-likeness (QED) is 0.521. The number of hydrogen-bond acceptors (Lipinski definition) is 4. The lowest BCUT2D eigenvalue weighted by Crippen LogP contribution is -2.42. The third-order valence-corrected chi connectivity index (χ3v) is 4.98. The summed E-state index contributed by atoms with van der Waals surface area (Å²) in [5.74, 6) is -0.793. The lowest BCUT2D eigenvalue weighted by atomic mass is 10.1.